The maximum absolute atomic E-state index is 11.5. The van der Waals surface area contributed by atoms with Crippen LogP contribution in [0.4, 0.5) is 13.2 Å². The molecule has 1 heterocycles. The average Bonchev–Trinajstić information content (AvgIpc) is 2.14. The van der Waals surface area contributed by atoms with Crippen molar-refractivity contribution >= 4 is 5.91 Å². The first kappa shape index (κ1) is 10.5. The zero-order valence-corrected chi connectivity index (χ0v) is 6.71. The SMILES string of the molecule is O=C(NOC(F)(F)F)c1cccnc1. The first-order valence-electron chi connectivity index (χ1n) is 3.44. The van der Waals surface area contributed by atoms with Crippen LogP contribution in [0, 0.1) is 0 Å². The highest BCUT2D eigenvalue weighted by atomic mass is 19.4. The molecule has 1 rings (SSSR count). The predicted octanol–water partition coefficient (Wildman–Crippen LogP) is 1.26. The Balaban J connectivity index is 2.52. The molecule has 1 aromatic rings. The fraction of sp³-hybridized carbons (Fsp3) is 0.143. The van der Waals surface area contributed by atoms with Gasteiger partial charge in [0, 0.05) is 12.4 Å². The second-order valence-corrected chi connectivity index (χ2v) is 2.22. The van der Waals surface area contributed by atoms with Crippen molar-refractivity contribution in [2.75, 3.05) is 0 Å². The van der Waals surface area contributed by atoms with E-state index in [2.05, 4.69) is 9.82 Å². The van der Waals surface area contributed by atoms with Gasteiger partial charge >= 0.3 is 6.36 Å². The molecule has 0 radical (unpaired) electrons. The molecule has 0 aliphatic heterocycles. The summed E-state index contributed by atoms with van der Waals surface area (Å²) in [6.45, 7) is 0. The van der Waals surface area contributed by atoms with Crippen molar-refractivity contribution in [1.29, 1.82) is 0 Å². The summed E-state index contributed by atoms with van der Waals surface area (Å²) in [5.74, 6) is -1.00. The molecule has 14 heavy (non-hydrogen) atoms. The lowest BCUT2D eigenvalue weighted by atomic mass is 10.3. The van der Waals surface area contributed by atoms with Gasteiger partial charge in [-0.2, -0.15) is 4.84 Å². The largest absolute Gasteiger partial charge is 0.543 e. The molecule has 1 aromatic heterocycles. The van der Waals surface area contributed by atoms with E-state index in [1.54, 1.807) is 0 Å². The fourth-order valence-electron chi connectivity index (χ4n) is 0.660. The number of alkyl halides is 3. The van der Waals surface area contributed by atoms with E-state index in [1.807, 2.05) is 0 Å². The molecule has 0 saturated heterocycles. The van der Waals surface area contributed by atoms with Crippen LogP contribution in [0.1, 0.15) is 10.4 Å². The Kier molecular flexibility index (Phi) is 3.03. The smallest absolute Gasteiger partial charge is 0.267 e. The molecule has 1 amide bonds. The highest BCUT2D eigenvalue weighted by Crippen LogP contribution is 2.14. The van der Waals surface area contributed by atoms with Crippen molar-refractivity contribution in [3.8, 4) is 0 Å². The quantitative estimate of drug-likeness (QED) is 0.741. The Labute approximate surface area is 76.7 Å². The van der Waals surface area contributed by atoms with Crippen molar-refractivity contribution in [3.05, 3.63) is 30.1 Å². The van der Waals surface area contributed by atoms with Gasteiger partial charge in [0.25, 0.3) is 5.91 Å². The summed E-state index contributed by atoms with van der Waals surface area (Å²) >= 11 is 0. The summed E-state index contributed by atoms with van der Waals surface area (Å²) < 4.78 is 34.4. The van der Waals surface area contributed by atoms with Crippen molar-refractivity contribution < 1.29 is 22.8 Å². The van der Waals surface area contributed by atoms with E-state index in [1.165, 1.54) is 23.8 Å². The number of pyridine rings is 1. The van der Waals surface area contributed by atoms with Gasteiger partial charge in [-0.25, -0.2) is 5.48 Å². The number of hydrogen-bond acceptors (Lipinski definition) is 3. The Morgan fingerprint density at radius 1 is 1.50 bits per heavy atom. The van der Waals surface area contributed by atoms with Crippen LogP contribution in [-0.2, 0) is 4.84 Å². The molecule has 0 fully saturated rings. The summed E-state index contributed by atoms with van der Waals surface area (Å²) in [4.78, 5) is 17.6. The summed E-state index contributed by atoms with van der Waals surface area (Å²) in [5, 5.41) is 0. The number of carbonyl (C=O) groups is 1. The highest BCUT2D eigenvalue weighted by molar-refractivity contribution is 5.92. The molecular weight excluding hydrogens is 201 g/mol. The molecule has 0 aliphatic carbocycles. The monoisotopic (exact) mass is 206 g/mol. The predicted molar refractivity (Wildman–Crippen MR) is 38.8 cm³/mol. The molecule has 0 unspecified atom stereocenters. The Bertz CT molecular complexity index is 312. The molecule has 0 atom stereocenters. The van der Waals surface area contributed by atoms with Crippen LogP contribution in [-0.4, -0.2) is 17.3 Å². The third-order valence-corrected chi connectivity index (χ3v) is 1.18. The second kappa shape index (κ2) is 4.05. The first-order valence-corrected chi connectivity index (χ1v) is 3.44. The van der Waals surface area contributed by atoms with Crippen LogP contribution in [0.5, 0.6) is 0 Å². The summed E-state index contributed by atoms with van der Waals surface area (Å²) in [6, 6.07) is 2.73. The lowest BCUT2D eigenvalue weighted by Gasteiger charge is -2.07. The number of hydroxylamine groups is 1. The van der Waals surface area contributed by atoms with Crippen LogP contribution in [0.3, 0.4) is 0 Å². The molecule has 7 heteroatoms. The topological polar surface area (TPSA) is 51.2 Å². The van der Waals surface area contributed by atoms with E-state index in [4.69, 9.17) is 0 Å². The number of halogens is 3. The zero-order valence-electron chi connectivity index (χ0n) is 6.71. The molecule has 0 spiro atoms. The summed E-state index contributed by atoms with van der Waals surface area (Å²) in [5.41, 5.74) is 1.22. The third-order valence-electron chi connectivity index (χ3n) is 1.18. The molecule has 0 aliphatic rings. The minimum Gasteiger partial charge on any atom is -0.267 e. The number of amides is 1. The van der Waals surface area contributed by atoms with Crippen LogP contribution in [0.2, 0.25) is 0 Å². The maximum atomic E-state index is 11.5. The van der Waals surface area contributed by atoms with Gasteiger partial charge in [-0.1, -0.05) is 0 Å². The van der Waals surface area contributed by atoms with Gasteiger partial charge < -0.3 is 0 Å². The normalized spacial score (nSPS) is 11.1. The van der Waals surface area contributed by atoms with Gasteiger partial charge in [0.2, 0.25) is 0 Å². The van der Waals surface area contributed by atoms with Crippen molar-refractivity contribution in [1.82, 2.24) is 10.5 Å². The van der Waals surface area contributed by atoms with Crippen molar-refractivity contribution in [2.24, 2.45) is 0 Å². The number of rotatable bonds is 2. The highest BCUT2D eigenvalue weighted by Gasteiger charge is 2.31. The number of nitrogens with one attached hydrogen (secondary N) is 1. The van der Waals surface area contributed by atoms with Gasteiger partial charge in [0.05, 0.1) is 5.56 Å². The van der Waals surface area contributed by atoms with Crippen LogP contribution in [0.15, 0.2) is 24.5 Å². The number of carbonyl (C=O) groups excluding carboxylic acids is 1. The van der Waals surface area contributed by atoms with Crippen molar-refractivity contribution in [3.63, 3.8) is 0 Å². The molecule has 76 valence electrons. The fourth-order valence-corrected chi connectivity index (χ4v) is 0.660. The minimum atomic E-state index is -4.89. The summed E-state index contributed by atoms with van der Waals surface area (Å²) in [7, 11) is 0. The van der Waals surface area contributed by atoms with E-state index >= 15 is 0 Å². The first-order chi connectivity index (χ1) is 6.49. The second-order valence-electron chi connectivity index (χ2n) is 2.22. The van der Waals surface area contributed by atoms with Crippen LogP contribution < -0.4 is 5.48 Å². The molecule has 0 saturated carbocycles. The van der Waals surface area contributed by atoms with Gasteiger partial charge in [0.15, 0.2) is 0 Å². The molecule has 1 N–H and O–H groups in total. The Morgan fingerprint density at radius 3 is 2.71 bits per heavy atom. The molecular formula is C7H5F3N2O2. The minimum absolute atomic E-state index is 0.0169. The van der Waals surface area contributed by atoms with E-state index in [0.29, 0.717) is 0 Å². The molecule has 0 bridgehead atoms. The number of hydrogen-bond donors (Lipinski definition) is 1. The Morgan fingerprint density at radius 2 is 2.21 bits per heavy atom. The van der Waals surface area contributed by atoms with E-state index in [-0.39, 0.29) is 5.56 Å². The standard InChI is InChI=1S/C7H5F3N2O2/c8-7(9,10)14-12-6(13)5-2-1-3-11-4-5/h1-4H,(H,12,13). The zero-order chi connectivity index (χ0) is 10.6. The maximum Gasteiger partial charge on any atom is 0.543 e. The lowest BCUT2D eigenvalue weighted by molar-refractivity contribution is -0.343. The average molecular weight is 206 g/mol. The summed E-state index contributed by atoms with van der Waals surface area (Å²) in [6.07, 6.45) is -2.38. The third kappa shape index (κ3) is 3.40. The number of aromatic nitrogens is 1. The Hall–Kier alpha value is -1.63. The van der Waals surface area contributed by atoms with Gasteiger partial charge in [-0.05, 0) is 12.1 Å². The molecule has 0 aromatic carbocycles. The van der Waals surface area contributed by atoms with E-state index in [0.717, 1.165) is 6.20 Å². The van der Waals surface area contributed by atoms with E-state index < -0.39 is 12.3 Å². The van der Waals surface area contributed by atoms with Crippen LogP contribution >= 0.6 is 0 Å². The van der Waals surface area contributed by atoms with Gasteiger partial charge in [-0.15, -0.1) is 13.2 Å². The lowest BCUT2D eigenvalue weighted by Crippen LogP contribution is -2.31. The van der Waals surface area contributed by atoms with Gasteiger partial charge in [-0.3, -0.25) is 9.78 Å². The van der Waals surface area contributed by atoms with E-state index in [9.17, 15) is 18.0 Å². The number of nitrogens with zero attached hydrogens (tertiary/aromatic N) is 1. The van der Waals surface area contributed by atoms with Crippen molar-refractivity contribution in [2.45, 2.75) is 6.36 Å². The molecule has 4 nitrogen and oxygen atoms in total. The van der Waals surface area contributed by atoms with Gasteiger partial charge in [0.1, 0.15) is 0 Å². The van der Waals surface area contributed by atoms with Crippen LogP contribution in [0.25, 0.3) is 0 Å².